The second-order valence-corrected chi connectivity index (χ2v) is 7.17. The van der Waals surface area contributed by atoms with Crippen LogP contribution >= 0.6 is 0 Å². The lowest BCUT2D eigenvalue weighted by Gasteiger charge is -2.10. The summed E-state index contributed by atoms with van der Waals surface area (Å²) in [5.41, 5.74) is -0.631. The normalized spacial score (nSPS) is 12.2. The predicted molar refractivity (Wildman–Crippen MR) is 83.4 cm³/mol. The van der Waals surface area contributed by atoms with Crippen LogP contribution < -0.4 is 5.32 Å². The van der Waals surface area contributed by atoms with E-state index in [2.05, 4.69) is 5.32 Å². The molecular weight excluding hydrogens is 381 g/mol. The van der Waals surface area contributed by atoms with Crippen molar-refractivity contribution >= 4 is 21.4 Å². The van der Waals surface area contributed by atoms with E-state index in [-0.39, 0.29) is 17.7 Å². The van der Waals surface area contributed by atoms with Gasteiger partial charge >= 0.3 is 11.9 Å². The molecule has 0 saturated heterocycles. The van der Waals surface area contributed by atoms with E-state index in [9.17, 15) is 35.2 Å². The molecule has 0 spiro atoms. The van der Waals surface area contributed by atoms with E-state index < -0.39 is 38.1 Å². The van der Waals surface area contributed by atoms with Gasteiger partial charge in [-0.25, -0.2) is 8.42 Å². The number of halogens is 5. The minimum Gasteiger partial charge on any atom is -0.326 e. The van der Waals surface area contributed by atoms with Crippen molar-refractivity contribution in [3.05, 3.63) is 59.7 Å². The number of alkyl halides is 5. The highest BCUT2D eigenvalue weighted by atomic mass is 32.2. The molecule has 10 heteroatoms. The van der Waals surface area contributed by atoms with E-state index >= 15 is 0 Å². The van der Waals surface area contributed by atoms with Crippen LogP contribution in [0.15, 0.2) is 53.4 Å². The molecule has 0 heterocycles. The summed E-state index contributed by atoms with van der Waals surface area (Å²) < 4.78 is 85.4. The van der Waals surface area contributed by atoms with Gasteiger partial charge in [0.15, 0.2) is 0 Å². The molecule has 140 valence electrons. The molecular formula is C16H12F5NO3S. The minimum atomic E-state index is -4.74. The number of sulfone groups is 1. The maximum atomic E-state index is 12.6. The summed E-state index contributed by atoms with van der Waals surface area (Å²) in [6, 6.07) is 8.28. The van der Waals surface area contributed by atoms with E-state index in [1.54, 1.807) is 0 Å². The fourth-order valence-electron chi connectivity index (χ4n) is 2.08. The maximum absolute atomic E-state index is 12.6. The Kier molecular flexibility index (Phi) is 5.65. The molecule has 0 aliphatic heterocycles. The molecule has 0 radical (unpaired) electrons. The molecule has 0 saturated carbocycles. The van der Waals surface area contributed by atoms with Crippen molar-refractivity contribution in [2.24, 2.45) is 0 Å². The summed E-state index contributed by atoms with van der Waals surface area (Å²) >= 11 is 0. The highest BCUT2D eigenvalue weighted by Crippen LogP contribution is 2.29. The van der Waals surface area contributed by atoms with Crippen LogP contribution in [0.5, 0.6) is 0 Å². The number of benzene rings is 2. The molecule has 0 fully saturated rings. The van der Waals surface area contributed by atoms with Gasteiger partial charge in [0.2, 0.25) is 15.7 Å². The van der Waals surface area contributed by atoms with Crippen LogP contribution in [0.4, 0.5) is 27.6 Å². The van der Waals surface area contributed by atoms with Gasteiger partial charge in [-0.1, -0.05) is 18.2 Å². The molecule has 1 N–H and O–H groups in total. The monoisotopic (exact) mass is 393 g/mol. The maximum Gasteiger partial charge on any atom is 0.416 e. The Balaban J connectivity index is 2.07. The van der Waals surface area contributed by atoms with Crippen LogP contribution in [0, 0.1) is 0 Å². The Hall–Kier alpha value is -2.49. The quantitative estimate of drug-likeness (QED) is 0.785. The first kappa shape index (κ1) is 19.8. The van der Waals surface area contributed by atoms with Gasteiger partial charge in [0.25, 0.3) is 0 Å². The molecule has 0 aliphatic carbocycles. The lowest BCUT2D eigenvalue weighted by Crippen LogP contribution is -2.15. The lowest BCUT2D eigenvalue weighted by atomic mass is 10.1. The summed E-state index contributed by atoms with van der Waals surface area (Å²) in [7, 11) is -4.74. The van der Waals surface area contributed by atoms with E-state index in [4.69, 9.17) is 0 Å². The van der Waals surface area contributed by atoms with Crippen molar-refractivity contribution < 1.29 is 35.2 Å². The first-order valence-corrected chi connectivity index (χ1v) is 8.63. The van der Waals surface area contributed by atoms with Gasteiger partial charge in [-0.05, 0) is 35.9 Å². The lowest BCUT2D eigenvalue weighted by molar-refractivity contribution is -0.137. The number of amides is 1. The average molecular weight is 393 g/mol. The van der Waals surface area contributed by atoms with Crippen molar-refractivity contribution in [2.45, 2.75) is 23.3 Å². The minimum absolute atomic E-state index is 0.121. The second-order valence-electron chi connectivity index (χ2n) is 5.25. The van der Waals surface area contributed by atoms with Crippen LogP contribution in [0.3, 0.4) is 0 Å². The molecule has 0 aliphatic rings. The van der Waals surface area contributed by atoms with Crippen molar-refractivity contribution in [1.82, 2.24) is 0 Å². The molecule has 2 aromatic rings. The molecule has 4 nitrogen and oxygen atoms in total. The number of carbonyl (C=O) groups excluding carboxylic acids is 1. The molecule has 2 aromatic carbocycles. The fraction of sp³-hybridized carbons (Fsp3) is 0.188. The third kappa shape index (κ3) is 4.78. The standard InChI is InChI=1S/C16H12F5NO3S/c17-15(18)26(24,25)13-6-4-12(5-7-13)22-14(23)9-10-2-1-3-11(8-10)16(19,20)21/h1-8,15H,9H2,(H,22,23). The van der Waals surface area contributed by atoms with Gasteiger partial charge in [-0.2, -0.15) is 22.0 Å². The predicted octanol–water partition coefficient (Wildman–Crippen LogP) is 3.88. The number of nitrogens with one attached hydrogen (secondary N) is 1. The van der Waals surface area contributed by atoms with Crippen LogP contribution in [-0.2, 0) is 27.2 Å². The Morgan fingerprint density at radius 1 is 1.04 bits per heavy atom. The van der Waals surface area contributed by atoms with Gasteiger partial charge in [-0.15, -0.1) is 0 Å². The molecule has 0 bridgehead atoms. The summed E-state index contributed by atoms with van der Waals surface area (Å²) in [5, 5.41) is 2.35. The smallest absolute Gasteiger partial charge is 0.326 e. The molecule has 0 aromatic heterocycles. The summed E-state index contributed by atoms with van der Waals surface area (Å²) in [4.78, 5) is 11.3. The van der Waals surface area contributed by atoms with Gasteiger partial charge in [-0.3, -0.25) is 4.79 Å². The number of hydrogen-bond donors (Lipinski definition) is 1. The van der Waals surface area contributed by atoms with E-state index in [0.29, 0.717) is 0 Å². The summed E-state index contributed by atoms with van der Waals surface area (Å²) in [5.74, 6) is -4.21. The zero-order chi connectivity index (χ0) is 19.5. The first-order chi connectivity index (χ1) is 12.0. The van der Waals surface area contributed by atoms with Crippen molar-refractivity contribution in [3.63, 3.8) is 0 Å². The zero-order valence-electron chi connectivity index (χ0n) is 12.9. The summed E-state index contributed by atoms with van der Waals surface area (Å²) in [6.07, 6.45) is -4.88. The number of hydrogen-bond acceptors (Lipinski definition) is 3. The zero-order valence-corrected chi connectivity index (χ0v) is 13.7. The van der Waals surface area contributed by atoms with Crippen LogP contribution in [-0.4, -0.2) is 20.1 Å². The highest BCUT2D eigenvalue weighted by Gasteiger charge is 2.30. The molecule has 0 atom stereocenters. The average Bonchev–Trinajstić information content (AvgIpc) is 2.54. The third-order valence-corrected chi connectivity index (χ3v) is 4.72. The molecule has 26 heavy (non-hydrogen) atoms. The van der Waals surface area contributed by atoms with Crippen LogP contribution in [0.1, 0.15) is 11.1 Å². The van der Waals surface area contributed by atoms with E-state index in [1.165, 1.54) is 12.1 Å². The fourth-order valence-corrected chi connectivity index (χ4v) is 2.80. The number of anilines is 1. The molecule has 2 rings (SSSR count). The Bertz CT molecular complexity index is 893. The van der Waals surface area contributed by atoms with Crippen molar-refractivity contribution in [2.75, 3.05) is 5.32 Å². The number of carbonyl (C=O) groups is 1. The van der Waals surface area contributed by atoms with Gasteiger partial charge in [0, 0.05) is 5.69 Å². The van der Waals surface area contributed by atoms with Gasteiger partial charge in [0.05, 0.1) is 16.9 Å². The van der Waals surface area contributed by atoms with Gasteiger partial charge in [0.1, 0.15) is 0 Å². The largest absolute Gasteiger partial charge is 0.416 e. The summed E-state index contributed by atoms with van der Waals surface area (Å²) in [6.45, 7) is 0. The van der Waals surface area contributed by atoms with Gasteiger partial charge < -0.3 is 5.32 Å². The Morgan fingerprint density at radius 2 is 1.65 bits per heavy atom. The van der Waals surface area contributed by atoms with E-state index in [1.807, 2.05) is 0 Å². The molecule has 1 amide bonds. The molecule has 0 unspecified atom stereocenters. The topological polar surface area (TPSA) is 63.2 Å². The Morgan fingerprint density at radius 3 is 2.19 bits per heavy atom. The number of rotatable bonds is 5. The highest BCUT2D eigenvalue weighted by molar-refractivity contribution is 7.91. The van der Waals surface area contributed by atoms with Crippen molar-refractivity contribution in [1.29, 1.82) is 0 Å². The van der Waals surface area contributed by atoms with Crippen molar-refractivity contribution in [3.8, 4) is 0 Å². The second kappa shape index (κ2) is 7.40. The van der Waals surface area contributed by atoms with E-state index in [0.717, 1.165) is 36.4 Å². The Labute approximate surface area is 145 Å². The third-order valence-electron chi connectivity index (χ3n) is 3.32. The van der Waals surface area contributed by atoms with Crippen LogP contribution in [0.2, 0.25) is 0 Å². The van der Waals surface area contributed by atoms with Crippen LogP contribution in [0.25, 0.3) is 0 Å². The SMILES string of the molecule is O=C(Cc1cccc(C(F)(F)F)c1)Nc1ccc(S(=O)(=O)C(F)F)cc1. The first-order valence-electron chi connectivity index (χ1n) is 7.08.